The van der Waals surface area contributed by atoms with Crippen LogP contribution in [0.5, 0.6) is 0 Å². The predicted molar refractivity (Wildman–Crippen MR) is 97.7 cm³/mol. The SMILES string of the molecule is CC1CCCN1CCc1cc2cc(-c3cccc(F)c3)ccc2[nH]1. The van der Waals surface area contributed by atoms with Gasteiger partial charge in [0.25, 0.3) is 0 Å². The Morgan fingerprint density at radius 2 is 2.00 bits per heavy atom. The fourth-order valence-electron chi connectivity index (χ4n) is 3.76. The molecule has 1 fully saturated rings. The molecule has 3 aromatic rings. The molecule has 4 rings (SSSR count). The van der Waals surface area contributed by atoms with Gasteiger partial charge >= 0.3 is 0 Å². The van der Waals surface area contributed by atoms with Gasteiger partial charge in [-0.15, -0.1) is 0 Å². The van der Waals surface area contributed by atoms with Crippen molar-refractivity contribution in [2.45, 2.75) is 32.2 Å². The van der Waals surface area contributed by atoms with Gasteiger partial charge in [-0.2, -0.15) is 0 Å². The lowest BCUT2D eigenvalue weighted by Gasteiger charge is -2.20. The summed E-state index contributed by atoms with van der Waals surface area (Å²) in [5, 5.41) is 1.20. The number of fused-ring (bicyclic) bond motifs is 1. The summed E-state index contributed by atoms with van der Waals surface area (Å²) >= 11 is 0. The molecule has 1 aromatic heterocycles. The number of benzene rings is 2. The van der Waals surface area contributed by atoms with Gasteiger partial charge in [0.2, 0.25) is 0 Å². The monoisotopic (exact) mass is 322 g/mol. The minimum atomic E-state index is -0.193. The highest BCUT2D eigenvalue weighted by Gasteiger charge is 2.19. The first-order chi connectivity index (χ1) is 11.7. The molecule has 1 aliphatic heterocycles. The summed E-state index contributed by atoms with van der Waals surface area (Å²) in [4.78, 5) is 6.10. The minimum Gasteiger partial charge on any atom is -0.358 e. The molecule has 2 nitrogen and oxygen atoms in total. The standard InChI is InChI=1S/C21H23FN2/c1-15-4-3-10-24(15)11-9-20-14-18-12-17(7-8-21(18)23-20)16-5-2-6-19(22)13-16/h2,5-8,12-15,23H,3-4,9-11H2,1H3. The molecule has 0 radical (unpaired) electrons. The highest BCUT2D eigenvalue weighted by atomic mass is 19.1. The lowest BCUT2D eigenvalue weighted by Crippen LogP contribution is -2.29. The number of aromatic nitrogens is 1. The maximum Gasteiger partial charge on any atom is 0.123 e. The van der Waals surface area contributed by atoms with E-state index < -0.39 is 0 Å². The molecule has 2 heterocycles. The number of likely N-dealkylation sites (tertiary alicyclic amines) is 1. The fourth-order valence-corrected chi connectivity index (χ4v) is 3.76. The zero-order valence-corrected chi connectivity index (χ0v) is 14.1. The summed E-state index contributed by atoms with van der Waals surface area (Å²) in [5.74, 6) is -0.193. The maximum absolute atomic E-state index is 13.4. The Hall–Kier alpha value is -2.13. The number of hydrogen-bond acceptors (Lipinski definition) is 1. The van der Waals surface area contributed by atoms with Crippen LogP contribution in [0.2, 0.25) is 0 Å². The van der Waals surface area contributed by atoms with Crippen molar-refractivity contribution in [3.8, 4) is 11.1 Å². The first kappa shape index (κ1) is 15.4. The Kier molecular flexibility index (Phi) is 4.11. The van der Waals surface area contributed by atoms with Gasteiger partial charge in [0.15, 0.2) is 0 Å². The number of halogens is 1. The van der Waals surface area contributed by atoms with Gasteiger partial charge in [0.05, 0.1) is 0 Å². The molecular formula is C21H23FN2. The van der Waals surface area contributed by atoms with Crippen LogP contribution in [-0.2, 0) is 6.42 Å². The molecule has 1 unspecified atom stereocenters. The Bertz CT molecular complexity index is 852. The molecule has 0 bridgehead atoms. The van der Waals surface area contributed by atoms with E-state index in [1.165, 1.54) is 36.5 Å². The van der Waals surface area contributed by atoms with Crippen molar-refractivity contribution in [2.75, 3.05) is 13.1 Å². The molecule has 0 saturated carbocycles. The molecule has 124 valence electrons. The minimum absolute atomic E-state index is 0.193. The Balaban J connectivity index is 1.55. The third-order valence-corrected chi connectivity index (χ3v) is 5.19. The second-order valence-corrected chi connectivity index (χ2v) is 6.88. The Morgan fingerprint density at radius 3 is 2.79 bits per heavy atom. The summed E-state index contributed by atoms with van der Waals surface area (Å²) in [6, 6.07) is 16.0. The lowest BCUT2D eigenvalue weighted by atomic mass is 10.0. The number of nitrogens with zero attached hydrogens (tertiary/aromatic N) is 1. The zero-order chi connectivity index (χ0) is 16.5. The molecule has 24 heavy (non-hydrogen) atoms. The number of H-pyrrole nitrogens is 1. The van der Waals surface area contributed by atoms with Gasteiger partial charge in [-0.05, 0) is 67.8 Å². The third kappa shape index (κ3) is 3.09. The van der Waals surface area contributed by atoms with Crippen molar-refractivity contribution in [1.29, 1.82) is 0 Å². The lowest BCUT2D eigenvalue weighted by molar-refractivity contribution is 0.271. The molecule has 0 spiro atoms. The molecule has 0 amide bonds. The first-order valence-corrected chi connectivity index (χ1v) is 8.81. The summed E-state index contributed by atoms with van der Waals surface area (Å²) in [6.07, 6.45) is 3.70. The van der Waals surface area contributed by atoms with E-state index in [4.69, 9.17) is 0 Å². The molecule has 1 N–H and O–H groups in total. The van der Waals surface area contributed by atoms with Gasteiger partial charge in [-0.25, -0.2) is 4.39 Å². The van der Waals surface area contributed by atoms with Gasteiger partial charge < -0.3 is 9.88 Å². The van der Waals surface area contributed by atoms with Gasteiger partial charge in [0.1, 0.15) is 5.82 Å². The van der Waals surface area contributed by atoms with Crippen LogP contribution >= 0.6 is 0 Å². The van der Waals surface area contributed by atoms with Crippen LogP contribution in [0.3, 0.4) is 0 Å². The summed E-state index contributed by atoms with van der Waals surface area (Å²) in [5.41, 5.74) is 4.41. The normalized spacial score (nSPS) is 18.5. The largest absolute Gasteiger partial charge is 0.358 e. The van der Waals surface area contributed by atoms with E-state index in [1.54, 1.807) is 12.1 Å². The number of nitrogens with one attached hydrogen (secondary N) is 1. The van der Waals surface area contributed by atoms with E-state index in [0.717, 1.165) is 29.6 Å². The van der Waals surface area contributed by atoms with Gasteiger partial charge in [0, 0.05) is 35.6 Å². The molecule has 1 aliphatic rings. The second kappa shape index (κ2) is 6.40. The molecule has 2 aromatic carbocycles. The van der Waals surface area contributed by atoms with Gasteiger partial charge in [-0.3, -0.25) is 0 Å². The van der Waals surface area contributed by atoms with E-state index in [1.807, 2.05) is 6.07 Å². The Labute approximate surface area is 142 Å². The van der Waals surface area contributed by atoms with E-state index in [0.29, 0.717) is 6.04 Å². The van der Waals surface area contributed by atoms with E-state index in [-0.39, 0.29) is 5.82 Å². The van der Waals surface area contributed by atoms with Crippen molar-refractivity contribution in [3.63, 3.8) is 0 Å². The van der Waals surface area contributed by atoms with Crippen LogP contribution in [-0.4, -0.2) is 29.0 Å². The van der Waals surface area contributed by atoms with Crippen molar-refractivity contribution in [1.82, 2.24) is 9.88 Å². The van der Waals surface area contributed by atoms with Crippen LogP contribution in [0, 0.1) is 5.82 Å². The highest BCUT2D eigenvalue weighted by Crippen LogP contribution is 2.26. The summed E-state index contributed by atoms with van der Waals surface area (Å²) < 4.78 is 13.4. The average molecular weight is 322 g/mol. The molecule has 0 aliphatic carbocycles. The van der Waals surface area contributed by atoms with Gasteiger partial charge in [-0.1, -0.05) is 18.2 Å². The maximum atomic E-state index is 13.4. The molecule has 3 heteroatoms. The van der Waals surface area contributed by atoms with Crippen molar-refractivity contribution in [2.24, 2.45) is 0 Å². The quantitative estimate of drug-likeness (QED) is 0.716. The number of hydrogen-bond donors (Lipinski definition) is 1. The Morgan fingerprint density at radius 1 is 1.12 bits per heavy atom. The van der Waals surface area contributed by atoms with Crippen molar-refractivity contribution in [3.05, 3.63) is 60.0 Å². The van der Waals surface area contributed by atoms with Crippen molar-refractivity contribution >= 4 is 10.9 Å². The average Bonchev–Trinajstić information content (AvgIpc) is 3.17. The smallest absolute Gasteiger partial charge is 0.123 e. The van der Waals surface area contributed by atoms with E-state index >= 15 is 0 Å². The van der Waals surface area contributed by atoms with Crippen LogP contribution in [0.15, 0.2) is 48.5 Å². The van der Waals surface area contributed by atoms with Crippen LogP contribution in [0.1, 0.15) is 25.5 Å². The van der Waals surface area contributed by atoms with E-state index in [9.17, 15) is 4.39 Å². The molecule has 1 saturated heterocycles. The second-order valence-electron chi connectivity index (χ2n) is 6.88. The predicted octanol–water partition coefficient (Wildman–Crippen LogP) is 5.00. The molecular weight excluding hydrogens is 299 g/mol. The first-order valence-electron chi connectivity index (χ1n) is 8.81. The highest BCUT2D eigenvalue weighted by molar-refractivity contribution is 5.85. The summed E-state index contributed by atoms with van der Waals surface area (Å²) in [7, 11) is 0. The van der Waals surface area contributed by atoms with Crippen LogP contribution in [0.4, 0.5) is 4.39 Å². The summed E-state index contributed by atoms with van der Waals surface area (Å²) in [6.45, 7) is 4.67. The fraction of sp³-hybridized carbons (Fsp3) is 0.333. The number of aromatic amines is 1. The van der Waals surface area contributed by atoms with Crippen molar-refractivity contribution < 1.29 is 4.39 Å². The number of rotatable bonds is 4. The van der Waals surface area contributed by atoms with Crippen LogP contribution < -0.4 is 0 Å². The zero-order valence-electron chi connectivity index (χ0n) is 14.1. The molecule has 1 atom stereocenters. The van der Waals surface area contributed by atoms with E-state index in [2.05, 4.69) is 41.1 Å². The van der Waals surface area contributed by atoms with Crippen LogP contribution in [0.25, 0.3) is 22.0 Å². The third-order valence-electron chi connectivity index (χ3n) is 5.19. The topological polar surface area (TPSA) is 19.0 Å².